The van der Waals surface area contributed by atoms with Crippen molar-refractivity contribution in [1.29, 1.82) is 0 Å². The summed E-state index contributed by atoms with van der Waals surface area (Å²) in [6.07, 6.45) is 4.71. The molecule has 26 heavy (non-hydrogen) atoms. The second kappa shape index (κ2) is 8.68. The van der Waals surface area contributed by atoms with Crippen molar-refractivity contribution >= 4 is 12.2 Å². The van der Waals surface area contributed by atoms with Crippen LogP contribution in [0.25, 0.3) is 0 Å². The fraction of sp³-hybridized carbons (Fsp3) is 0.579. The van der Waals surface area contributed by atoms with Gasteiger partial charge in [-0.1, -0.05) is 6.42 Å². The van der Waals surface area contributed by atoms with Crippen molar-refractivity contribution in [3.63, 3.8) is 0 Å². The Labute approximate surface area is 160 Å². The molecule has 1 unspecified atom stereocenters. The molecule has 1 aromatic heterocycles. The first kappa shape index (κ1) is 18.9. The number of aromatic nitrogens is 3. The number of aryl methyl sites for hydroxylation is 1. The molecular formula is C19H29N4O2S+. The molecule has 1 aliphatic rings. The highest BCUT2D eigenvalue weighted by atomic mass is 32.1. The van der Waals surface area contributed by atoms with E-state index in [0.29, 0.717) is 6.61 Å². The summed E-state index contributed by atoms with van der Waals surface area (Å²) in [5.74, 6) is 2.71. The molecule has 3 rings (SSSR count). The Balaban J connectivity index is 1.69. The molecule has 0 bridgehead atoms. The number of rotatable bonds is 7. The molecule has 142 valence electrons. The number of ether oxygens (including phenoxy) is 2. The van der Waals surface area contributed by atoms with Gasteiger partial charge in [-0.05, 0) is 50.2 Å². The summed E-state index contributed by atoms with van der Waals surface area (Å²) in [6.45, 7) is 5.23. The summed E-state index contributed by atoms with van der Waals surface area (Å²) in [5, 5.41) is 4.77. The summed E-state index contributed by atoms with van der Waals surface area (Å²) in [5.41, 5.74) is 1.20. The average molecular weight is 378 g/mol. The third-order valence-electron chi connectivity index (χ3n) is 4.73. The van der Waals surface area contributed by atoms with Crippen LogP contribution in [0.3, 0.4) is 0 Å². The maximum absolute atomic E-state index is 5.65. The molecule has 0 aliphatic carbocycles. The number of hydrogen-bond acceptors (Lipinski definition) is 4. The van der Waals surface area contributed by atoms with Crippen LogP contribution in [-0.4, -0.2) is 35.1 Å². The van der Waals surface area contributed by atoms with Gasteiger partial charge >= 0.3 is 0 Å². The van der Waals surface area contributed by atoms with E-state index in [1.165, 1.54) is 29.7 Å². The van der Waals surface area contributed by atoms with Gasteiger partial charge in [-0.15, -0.1) is 0 Å². The second-order valence-electron chi connectivity index (χ2n) is 6.87. The number of hydrogen-bond donors (Lipinski definition) is 1. The Morgan fingerprint density at radius 1 is 1.23 bits per heavy atom. The van der Waals surface area contributed by atoms with Crippen LogP contribution in [0.15, 0.2) is 18.2 Å². The average Bonchev–Trinajstić information content (AvgIpc) is 2.79. The lowest BCUT2D eigenvalue weighted by molar-refractivity contribution is -0.917. The highest BCUT2D eigenvalue weighted by Gasteiger charge is 2.16. The van der Waals surface area contributed by atoms with Crippen LogP contribution in [0.2, 0.25) is 0 Å². The molecule has 6 nitrogen and oxygen atoms in total. The molecule has 0 spiro atoms. The van der Waals surface area contributed by atoms with Gasteiger partial charge in [0.1, 0.15) is 12.4 Å². The third kappa shape index (κ3) is 4.27. The fourth-order valence-corrected chi connectivity index (χ4v) is 3.79. The van der Waals surface area contributed by atoms with Crippen LogP contribution in [-0.2, 0) is 26.2 Å². The first-order valence-electron chi connectivity index (χ1n) is 9.40. The number of fused-ring (bicyclic) bond motifs is 1. The van der Waals surface area contributed by atoms with Gasteiger partial charge < -0.3 is 18.9 Å². The zero-order chi connectivity index (χ0) is 18.5. The van der Waals surface area contributed by atoms with Crippen LogP contribution in [0.4, 0.5) is 0 Å². The maximum Gasteiger partial charge on any atom is 0.202 e. The van der Waals surface area contributed by atoms with E-state index in [1.54, 1.807) is 7.11 Å². The SMILES string of the molecule is CCOc1ccc(C[NH+](C)Cn2nc3n(c2=S)CCCCC3)cc1OC. The molecule has 0 fully saturated rings. The van der Waals surface area contributed by atoms with Crippen LogP contribution >= 0.6 is 12.2 Å². The molecular weight excluding hydrogens is 348 g/mol. The predicted octanol–water partition coefficient (Wildman–Crippen LogP) is 2.22. The Morgan fingerprint density at radius 2 is 2.08 bits per heavy atom. The van der Waals surface area contributed by atoms with Gasteiger partial charge in [0, 0.05) is 18.5 Å². The van der Waals surface area contributed by atoms with Crippen LogP contribution in [0.5, 0.6) is 11.5 Å². The summed E-state index contributed by atoms with van der Waals surface area (Å²) in [7, 11) is 3.84. The van der Waals surface area contributed by atoms with Crippen molar-refractivity contribution in [1.82, 2.24) is 14.3 Å². The summed E-state index contributed by atoms with van der Waals surface area (Å²) >= 11 is 5.65. The number of quaternary nitrogens is 1. The summed E-state index contributed by atoms with van der Waals surface area (Å²) in [6, 6.07) is 6.13. The molecule has 2 heterocycles. The largest absolute Gasteiger partial charge is 0.493 e. The standard InChI is InChI=1S/C19H28N4O2S/c1-4-25-16-10-9-15(12-17(16)24-3)13-21(2)14-23-19(26)22-11-7-5-6-8-18(22)20-23/h9-10,12H,4-8,11,13-14H2,1-3H3/p+1. The highest BCUT2D eigenvalue weighted by molar-refractivity contribution is 7.71. The van der Waals surface area contributed by atoms with Crippen LogP contribution in [0.1, 0.15) is 37.6 Å². The second-order valence-corrected chi connectivity index (χ2v) is 7.24. The molecule has 7 heteroatoms. The van der Waals surface area contributed by atoms with Gasteiger partial charge in [-0.2, -0.15) is 9.78 Å². The lowest BCUT2D eigenvalue weighted by Gasteiger charge is -2.15. The van der Waals surface area contributed by atoms with E-state index in [0.717, 1.165) is 48.3 Å². The number of nitrogens with zero attached hydrogens (tertiary/aromatic N) is 3. The van der Waals surface area contributed by atoms with Gasteiger partial charge in [-0.25, -0.2) is 0 Å². The summed E-state index contributed by atoms with van der Waals surface area (Å²) < 4.78 is 16.1. The highest BCUT2D eigenvalue weighted by Crippen LogP contribution is 2.27. The summed E-state index contributed by atoms with van der Waals surface area (Å²) in [4.78, 5) is 1.32. The molecule has 0 saturated carbocycles. The monoisotopic (exact) mass is 377 g/mol. The molecule has 2 aromatic rings. The molecule has 0 radical (unpaired) electrons. The number of benzene rings is 1. The van der Waals surface area contributed by atoms with E-state index in [1.807, 2.05) is 17.7 Å². The number of methoxy groups -OCH3 is 1. The Kier molecular flexibility index (Phi) is 6.32. The van der Waals surface area contributed by atoms with E-state index < -0.39 is 0 Å². The first-order chi connectivity index (χ1) is 12.6. The van der Waals surface area contributed by atoms with Crippen molar-refractivity contribution in [2.75, 3.05) is 20.8 Å². The van der Waals surface area contributed by atoms with Gasteiger partial charge in [0.05, 0.1) is 20.8 Å². The van der Waals surface area contributed by atoms with Gasteiger partial charge in [0.15, 0.2) is 18.2 Å². The number of nitrogens with one attached hydrogen (secondary N) is 1. The van der Waals surface area contributed by atoms with E-state index in [2.05, 4.69) is 23.7 Å². The lowest BCUT2D eigenvalue weighted by Crippen LogP contribution is -3.07. The Bertz CT molecular complexity index is 799. The van der Waals surface area contributed by atoms with Crippen molar-refractivity contribution in [3.05, 3.63) is 34.4 Å². The van der Waals surface area contributed by atoms with E-state index in [-0.39, 0.29) is 0 Å². The minimum absolute atomic E-state index is 0.629. The lowest BCUT2D eigenvalue weighted by atomic mass is 10.2. The maximum atomic E-state index is 5.65. The van der Waals surface area contributed by atoms with E-state index in [9.17, 15) is 0 Å². The third-order valence-corrected chi connectivity index (χ3v) is 5.17. The van der Waals surface area contributed by atoms with Crippen molar-refractivity contribution in [2.24, 2.45) is 0 Å². The molecule has 0 saturated heterocycles. The fourth-order valence-electron chi connectivity index (χ4n) is 3.49. The van der Waals surface area contributed by atoms with Crippen LogP contribution < -0.4 is 14.4 Å². The Morgan fingerprint density at radius 3 is 2.85 bits per heavy atom. The van der Waals surface area contributed by atoms with Gasteiger partial charge in [0.2, 0.25) is 4.77 Å². The zero-order valence-corrected chi connectivity index (χ0v) is 16.8. The minimum atomic E-state index is 0.629. The predicted molar refractivity (Wildman–Crippen MR) is 103 cm³/mol. The molecule has 1 atom stereocenters. The Hall–Kier alpha value is -1.86. The molecule has 0 amide bonds. The molecule has 1 aliphatic heterocycles. The zero-order valence-electron chi connectivity index (χ0n) is 16.0. The van der Waals surface area contributed by atoms with Gasteiger partial charge in [0.25, 0.3) is 0 Å². The molecule has 1 N–H and O–H groups in total. The van der Waals surface area contributed by atoms with Crippen molar-refractivity contribution < 1.29 is 14.4 Å². The first-order valence-corrected chi connectivity index (χ1v) is 9.80. The van der Waals surface area contributed by atoms with Crippen molar-refractivity contribution in [3.8, 4) is 11.5 Å². The normalized spacial score (nSPS) is 15.2. The smallest absolute Gasteiger partial charge is 0.202 e. The van der Waals surface area contributed by atoms with Gasteiger partial charge in [-0.3, -0.25) is 0 Å². The quantitative estimate of drug-likeness (QED) is 0.752. The van der Waals surface area contributed by atoms with Crippen molar-refractivity contribution in [2.45, 2.75) is 52.4 Å². The van der Waals surface area contributed by atoms with E-state index in [4.69, 9.17) is 26.8 Å². The minimum Gasteiger partial charge on any atom is -0.493 e. The topological polar surface area (TPSA) is 45.7 Å². The van der Waals surface area contributed by atoms with Crippen LogP contribution in [0, 0.1) is 4.77 Å². The molecule has 1 aromatic carbocycles. The van der Waals surface area contributed by atoms with E-state index >= 15 is 0 Å².